The van der Waals surface area contributed by atoms with Crippen molar-refractivity contribution in [3.8, 4) is 0 Å². The van der Waals surface area contributed by atoms with Crippen LogP contribution in [0.15, 0.2) is 18.2 Å². The Bertz CT molecular complexity index is 347. The molecule has 0 amide bonds. The molecule has 0 spiro atoms. The summed E-state index contributed by atoms with van der Waals surface area (Å²) >= 11 is 5.81. The maximum absolute atomic E-state index is 7.78. The second-order valence-corrected chi connectivity index (χ2v) is 3.83. The molecule has 1 aromatic carbocycles. The number of rotatable bonds is 3. The van der Waals surface area contributed by atoms with Gasteiger partial charge in [-0.3, -0.25) is 0 Å². The highest BCUT2D eigenvalue weighted by Crippen LogP contribution is 2.19. The number of nitrogens with two attached hydrogens (primary N) is 2. The average molecular weight is 212 g/mol. The molecule has 1 aromatic rings. The predicted octanol–water partition coefficient (Wildman–Crippen LogP) is 2.03. The van der Waals surface area contributed by atoms with Crippen molar-refractivity contribution in [2.24, 2.45) is 5.73 Å². The highest BCUT2D eigenvalue weighted by atomic mass is 35.5. The Kier molecular flexibility index (Phi) is 3.49. The third-order valence-electron chi connectivity index (χ3n) is 1.87. The lowest BCUT2D eigenvalue weighted by molar-refractivity contribution is 0.777. The van der Waals surface area contributed by atoms with Gasteiger partial charge in [0.2, 0.25) is 0 Å². The van der Waals surface area contributed by atoms with Crippen LogP contribution in [-0.4, -0.2) is 11.8 Å². The van der Waals surface area contributed by atoms with Gasteiger partial charge in [0.15, 0.2) is 0 Å². The van der Waals surface area contributed by atoms with Gasteiger partial charge < -0.3 is 16.9 Å². The first-order chi connectivity index (χ1) is 6.50. The minimum atomic E-state index is -0.0409. The van der Waals surface area contributed by atoms with Gasteiger partial charge in [-0.1, -0.05) is 11.6 Å². The summed E-state index contributed by atoms with van der Waals surface area (Å²) in [6.45, 7) is 1.86. The van der Waals surface area contributed by atoms with Crippen LogP contribution < -0.4 is 11.5 Å². The molecule has 1 atom stereocenters. The van der Waals surface area contributed by atoms with Crippen LogP contribution in [0.5, 0.6) is 0 Å². The zero-order valence-electron chi connectivity index (χ0n) is 8.05. The van der Waals surface area contributed by atoms with E-state index in [9.17, 15) is 0 Å². The Labute approximate surface area is 88.6 Å². The van der Waals surface area contributed by atoms with Gasteiger partial charge in [-0.05, 0) is 25.1 Å². The van der Waals surface area contributed by atoms with Crippen LogP contribution in [0.2, 0.25) is 5.02 Å². The van der Waals surface area contributed by atoms with Gasteiger partial charge in [0.25, 0.3) is 0 Å². The van der Waals surface area contributed by atoms with Crippen LogP contribution in [0.25, 0.3) is 0 Å². The van der Waals surface area contributed by atoms with Crippen molar-refractivity contribution in [3.05, 3.63) is 28.8 Å². The number of hydrogen-bond donors (Lipinski definition) is 3. The maximum Gasteiger partial charge on any atom is 0.0422 e. The largest absolute Gasteiger partial charge is 0.398 e. The summed E-state index contributed by atoms with van der Waals surface area (Å²) in [6, 6.07) is 5.06. The normalized spacial score (nSPS) is 12.5. The van der Waals surface area contributed by atoms with Gasteiger partial charge >= 0.3 is 0 Å². The lowest BCUT2D eigenvalue weighted by atomic mass is 10.0. The summed E-state index contributed by atoms with van der Waals surface area (Å²) in [5.74, 6) is 0. The molecule has 5 N–H and O–H groups in total. The van der Waals surface area contributed by atoms with Crippen LogP contribution in [-0.2, 0) is 0 Å². The van der Waals surface area contributed by atoms with Gasteiger partial charge in [0.05, 0.1) is 0 Å². The Hall–Kier alpha value is -1.06. The molecule has 0 aliphatic rings. The van der Waals surface area contributed by atoms with Crippen LogP contribution >= 0.6 is 11.6 Å². The van der Waals surface area contributed by atoms with E-state index < -0.39 is 0 Å². The molecule has 0 saturated carbocycles. The zero-order valence-corrected chi connectivity index (χ0v) is 8.81. The third-order valence-corrected chi connectivity index (χ3v) is 2.10. The molecule has 3 nitrogen and oxygen atoms in total. The smallest absolute Gasteiger partial charge is 0.0422 e. The Morgan fingerprint density at radius 1 is 1.57 bits per heavy atom. The van der Waals surface area contributed by atoms with Crippen molar-refractivity contribution >= 4 is 23.0 Å². The summed E-state index contributed by atoms with van der Waals surface area (Å²) in [5, 5.41) is 8.37. The molecule has 0 radical (unpaired) electrons. The predicted molar refractivity (Wildman–Crippen MR) is 61.0 cm³/mol. The van der Waals surface area contributed by atoms with E-state index >= 15 is 0 Å². The fourth-order valence-corrected chi connectivity index (χ4v) is 1.39. The number of hydrogen-bond acceptors (Lipinski definition) is 3. The van der Waals surface area contributed by atoms with E-state index in [-0.39, 0.29) is 6.04 Å². The molecule has 0 saturated heterocycles. The summed E-state index contributed by atoms with van der Waals surface area (Å²) < 4.78 is 0. The number of halogens is 1. The third kappa shape index (κ3) is 2.72. The SMILES string of the molecule is CC(N)CC(=N)c1cc(Cl)ccc1N. The molecule has 0 heterocycles. The fraction of sp³-hybridized carbons (Fsp3) is 0.300. The van der Waals surface area contributed by atoms with Gasteiger partial charge in [0.1, 0.15) is 0 Å². The molecule has 0 aliphatic carbocycles. The lowest BCUT2D eigenvalue weighted by Gasteiger charge is -2.09. The van der Waals surface area contributed by atoms with E-state index in [0.717, 1.165) is 0 Å². The van der Waals surface area contributed by atoms with Crippen molar-refractivity contribution in [2.45, 2.75) is 19.4 Å². The minimum absolute atomic E-state index is 0.0409. The van der Waals surface area contributed by atoms with Crippen LogP contribution in [0, 0.1) is 5.41 Å². The first kappa shape index (κ1) is 11.0. The van der Waals surface area contributed by atoms with Crippen LogP contribution in [0.4, 0.5) is 5.69 Å². The first-order valence-electron chi connectivity index (χ1n) is 4.39. The molecule has 0 bridgehead atoms. The van der Waals surface area contributed by atoms with E-state index in [1.807, 2.05) is 6.92 Å². The molecular formula is C10H14ClN3. The molecular weight excluding hydrogens is 198 g/mol. The van der Waals surface area contributed by atoms with Gasteiger partial charge in [-0.2, -0.15) is 0 Å². The molecule has 0 aromatic heterocycles. The Balaban J connectivity index is 2.94. The summed E-state index contributed by atoms with van der Waals surface area (Å²) in [6.07, 6.45) is 0.505. The van der Waals surface area contributed by atoms with E-state index in [1.54, 1.807) is 18.2 Å². The highest BCUT2D eigenvalue weighted by Gasteiger charge is 2.08. The highest BCUT2D eigenvalue weighted by molar-refractivity contribution is 6.31. The van der Waals surface area contributed by atoms with Gasteiger partial charge in [0, 0.05) is 34.4 Å². The summed E-state index contributed by atoms with van der Waals surface area (Å²) in [5.41, 5.74) is 13.0. The van der Waals surface area contributed by atoms with E-state index in [0.29, 0.717) is 28.4 Å². The minimum Gasteiger partial charge on any atom is -0.398 e. The number of anilines is 1. The summed E-state index contributed by atoms with van der Waals surface area (Å²) in [4.78, 5) is 0. The van der Waals surface area contributed by atoms with Crippen LogP contribution in [0.1, 0.15) is 18.9 Å². The van der Waals surface area contributed by atoms with Crippen molar-refractivity contribution in [2.75, 3.05) is 5.73 Å². The second kappa shape index (κ2) is 4.44. The van der Waals surface area contributed by atoms with Gasteiger partial charge in [-0.15, -0.1) is 0 Å². The molecule has 14 heavy (non-hydrogen) atoms. The number of nitrogens with one attached hydrogen (secondary N) is 1. The summed E-state index contributed by atoms with van der Waals surface area (Å²) in [7, 11) is 0. The molecule has 0 aliphatic heterocycles. The fourth-order valence-electron chi connectivity index (χ4n) is 1.22. The molecule has 1 unspecified atom stereocenters. The second-order valence-electron chi connectivity index (χ2n) is 3.39. The number of benzene rings is 1. The Morgan fingerprint density at radius 3 is 2.79 bits per heavy atom. The van der Waals surface area contributed by atoms with E-state index in [2.05, 4.69) is 0 Å². The number of nitrogen functional groups attached to an aromatic ring is 1. The monoisotopic (exact) mass is 211 g/mol. The quantitative estimate of drug-likeness (QED) is 0.529. The molecule has 4 heteroatoms. The maximum atomic E-state index is 7.78. The van der Waals surface area contributed by atoms with Crippen molar-refractivity contribution < 1.29 is 0 Å². The lowest BCUT2D eigenvalue weighted by Crippen LogP contribution is -2.20. The zero-order chi connectivity index (χ0) is 10.7. The first-order valence-corrected chi connectivity index (χ1v) is 4.77. The molecule has 76 valence electrons. The topological polar surface area (TPSA) is 75.9 Å². The Morgan fingerprint density at radius 2 is 2.21 bits per heavy atom. The van der Waals surface area contributed by atoms with Crippen molar-refractivity contribution in [1.82, 2.24) is 0 Å². The standard InChI is InChI=1S/C10H14ClN3/c1-6(12)4-10(14)8-5-7(11)2-3-9(8)13/h2-3,5-6,14H,4,12-13H2,1H3. The van der Waals surface area contributed by atoms with Crippen LogP contribution in [0.3, 0.4) is 0 Å². The van der Waals surface area contributed by atoms with Crippen molar-refractivity contribution in [1.29, 1.82) is 5.41 Å². The molecule has 1 rings (SSSR count). The van der Waals surface area contributed by atoms with E-state index in [1.165, 1.54) is 0 Å². The van der Waals surface area contributed by atoms with Gasteiger partial charge in [-0.25, -0.2) is 0 Å². The van der Waals surface area contributed by atoms with E-state index in [4.69, 9.17) is 28.5 Å². The molecule has 0 fully saturated rings. The van der Waals surface area contributed by atoms with Crippen molar-refractivity contribution in [3.63, 3.8) is 0 Å². The average Bonchev–Trinajstić information content (AvgIpc) is 2.08.